The van der Waals surface area contributed by atoms with Gasteiger partial charge in [0.2, 0.25) is 0 Å². The van der Waals surface area contributed by atoms with Crippen molar-refractivity contribution >= 4 is 94.0 Å². The van der Waals surface area contributed by atoms with Crippen molar-refractivity contribution in [1.29, 1.82) is 0 Å². The molecule has 3 heterocycles. The van der Waals surface area contributed by atoms with Gasteiger partial charge in [0.1, 0.15) is 0 Å². The molecule has 3 aromatic heterocycles. The van der Waals surface area contributed by atoms with Crippen LogP contribution in [0.15, 0.2) is 72.8 Å². The monoisotopic (exact) mass is 783 g/mol. The van der Waals surface area contributed by atoms with Gasteiger partial charge in [-0.25, -0.2) is 0 Å². The number of hydrogen-bond acceptors (Lipinski definition) is 3. The molecule has 40 heavy (non-hydrogen) atoms. The minimum atomic E-state index is -1.35. The van der Waals surface area contributed by atoms with Crippen molar-refractivity contribution in [2.75, 3.05) is 0 Å². The van der Waals surface area contributed by atoms with Crippen LogP contribution in [-0.2, 0) is 0 Å². The molecular weight excluding hydrogens is 750 g/mol. The van der Waals surface area contributed by atoms with Crippen molar-refractivity contribution < 1.29 is 0 Å². The Labute approximate surface area is 255 Å². The predicted molar refractivity (Wildman–Crippen MR) is 176 cm³/mol. The van der Waals surface area contributed by atoms with E-state index in [1.807, 2.05) is 0 Å². The fourth-order valence-electron chi connectivity index (χ4n) is 5.18. The Morgan fingerprint density at radius 1 is 0.450 bits per heavy atom. The summed E-state index contributed by atoms with van der Waals surface area (Å²) in [7, 11) is -1.35. The molecule has 0 unspecified atom stereocenters. The van der Waals surface area contributed by atoms with Gasteiger partial charge in [-0.05, 0) is 0 Å². The molecule has 0 aliphatic rings. The number of fused-ring (bicyclic) bond motifs is 3. The van der Waals surface area contributed by atoms with Gasteiger partial charge in [-0.3, -0.25) is 0 Å². The second-order valence-electron chi connectivity index (χ2n) is 10.2. The fraction of sp³-hybridized carbons (Fsp3) is 0.182. The SMILES string of the molecule is Cc1cc(C)c2cccc([Se][As]([Se]c3cccc4c(C)cc(C)nc34)[Se]c3cccc4c(C)cc(C)nc34)c2n1. The van der Waals surface area contributed by atoms with Crippen LogP contribution in [0.25, 0.3) is 32.7 Å². The topological polar surface area (TPSA) is 38.7 Å². The van der Waals surface area contributed by atoms with Gasteiger partial charge < -0.3 is 0 Å². The van der Waals surface area contributed by atoms with Gasteiger partial charge in [-0.15, -0.1) is 0 Å². The number of aryl methyl sites for hydroxylation is 6. The summed E-state index contributed by atoms with van der Waals surface area (Å²) in [6, 6.07) is 27.1. The number of para-hydroxylation sites is 3. The summed E-state index contributed by atoms with van der Waals surface area (Å²) < 4.78 is 4.42. The Bertz CT molecular complexity index is 1700. The van der Waals surface area contributed by atoms with E-state index in [0.717, 1.165) is 17.1 Å². The van der Waals surface area contributed by atoms with Gasteiger partial charge >= 0.3 is 257 Å². The van der Waals surface area contributed by atoms with E-state index in [-0.39, 0.29) is 0 Å². The number of rotatable bonds is 6. The summed E-state index contributed by atoms with van der Waals surface area (Å²) >= 11 is 1.17. The Morgan fingerprint density at radius 2 is 0.750 bits per heavy atom. The summed E-state index contributed by atoms with van der Waals surface area (Å²) in [6.07, 6.45) is 0. The summed E-state index contributed by atoms with van der Waals surface area (Å²) in [4.78, 5) is 15.2. The van der Waals surface area contributed by atoms with Crippen molar-refractivity contribution in [2.45, 2.75) is 41.5 Å². The Hall–Kier alpha value is -1.99. The van der Waals surface area contributed by atoms with Crippen LogP contribution in [0.2, 0.25) is 0 Å². The summed E-state index contributed by atoms with van der Waals surface area (Å²) in [6.45, 7) is 13.0. The molecule has 200 valence electrons. The van der Waals surface area contributed by atoms with E-state index in [4.69, 9.17) is 15.0 Å². The Kier molecular flexibility index (Phi) is 8.24. The average Bonchev–Trinajstić information content (AvgIpc) is 2.90. The molecule has 0 atom stereocenters. The van der Waals surface area contributed by atoms with E-state index in [0.29, 0.717) is 38.9 Å². The zero-order chi connectivity index (χ0) is 28.0. The predicted octanol–water partition coefficient (Wildman–Crippen LogP) is 4.56. The molecule has 0 aliphatic carbocycles. The van der Waals surface area contributed by atoms with E-state index < -0.39 is 9.00 Å². The molecule has 0 bridgehead atoms. The molecule has 0 saturated carbocycles. The quantitative estimate of drug-likeness (QED) is 0.233. The number of pyridine rings is 3. The third kappa shape index (κ3) is 5.70. The first kappa shape index (κ1) is 28.1. The summed E-state index contributed by atoms with van der Waals surface area (Å²) in [5, 5.41) is 3.90. The zero-order valence-corrected chi connectivity index (χ0v) is 30.5. The van der Waals surface area contributed by atoms with Crippen LogP contribution in [-0.4, -0.2) is 62.8 Å². The standard InChI is InChI=1S/C33H30AsN3Se3/c1-19-16-22(4)35-31-25(19)10-7-13-28(31)38-34(39-29-14-8-11-26-20(2)17-23(5)36-32(26)29)40-30-15-9-12-27-21(3)18-24(6)37-33(27)30/h7-18H,1-6H3. The molecule has 6 aromatic rings. The maximum atomic E-state index is 5.08. The second-order valence-corrected chi connectivity index (χ2v) is 51.2. The molecule has 0 fully saturated rings. The Balaban J connectivity index is 1.48. The number of aromatic nitrogens is 3. The molecule has 6 rings (SSSR count). The van der Waals surface area contributed by atoms with Gasteiger partial charge in [0.15, 0.2) is 0 Å². The first-order valence-electron chi connectivity index (χ1n) is 13.2. The van der Waals surface area contributed by atoms with E-state index in [1.54, 1.807) is 0 Å². The van der Waals surface area contributed by atoms with Crippen LogP contribution in [0.5, 0.6) is 0 Å². The van der Waals surface area contributed by atoms with Crippen LogP contribution in [0.4, 0.5) is 0 Å². The molecule has 7 heteroatoms. The van der Waals surface area contributed by atoms with Crippen molar-refractivity contribution in [3.05, 3.63) is 107 Å². The van der Waals surface area contributed by atoms with Gasteiger partial charge in [-0.1, -0.05) is 0 Å². The molecule has 0 radical (unpaired) electrons. The number of nitrogens with zero attached hydrogens (tertiary/aromatic N) is 3. The van der Waals surface area contributed by atoms with Crippen molar-refractivity contribution in [3.63, 3.8) is 0 Å². The number of hydrogen-bond donors (Lipinski definition) is 0. The first-order chi connectivity index (χ1) is 19.3. The van der Waals surface area contributed by atoms with E-state index in [9.17, 15) is 0 Å². The van der Waals surface area contributed by atoms with E-state index in [2.05, 4.69) is 114 Å². The number of benzene rings is 3. The van der Waals surface area contributed by atoms with Crippen molar-refractivity contribution in [2.24, 2.45) is 0 Å². The molecule has 0 N–H and O–H groups in total. The molecule has 3 aromatic carbocycles. The molecule has 0 saturated heterocycles. The average molecular weight is 780 g/mol. The molecule has 0 spiro atoms. The molecule has 0 aliphatic heterocycles. The maximum absolute atomic E-state index is 5.08. The minimum absolute atomic E-state index is 0.391. The van der Waals surface area contributed by atoms with Gasteiger partial charge in [-0.2, -0.15) is 0 Å². The van der Waals surface area contributed by atoms with Crippen molar-refractivity contribution in [3.8, 4) is 0 Å². The molecular formula is C33H30AsN3Se3. The normalized spacial score (nSPS) is 11.8. The zero-order valence-electron chi connectivity index (χ0n) is 23.4. The molecule has 0 amide bonds. The third-order valence-electron chi connectivity index (χ3n) is 6.93. The van der Waals surface area contributed by atoms with Gasteiger partial charge in [0.05, 0.1) is 0 Å². The summed E-state index contributed by atoms with van der Waals surface area (Å²) in [5.74, 6) is 0. The van der Waals surface area contributed by atoms with Crippen molar-refractivity contribution in [1.82, 2.24) is 15.0 Å². The van der Waals surface area contributed by atoms with Gasteiger partial charge in [0.25, 0.3) is 0 Å². The van der Waals surface area contributed by atoms with Crippen LogP contribution in [0.3, 0.4) is 0 Å². The second kappa shape index (κ2) is 11.7. The molecule has 3 nitrogen and oxygen atoms in total. The Morgan fingerprint density at radius 3 is 1.05 bits per heavy atom. The fourth-order valence-corrected chi connectivity index (χ4v) is 53.7. The van der Waals surface area contributed by atoms with E-state index in [1.165, 1.54) is 62.8 Å². The van der Waals surface area contributed by atoms with Crippen LogP contribution in [0, 0.1) is 41.5 Å². The van der Waals surface area contributed by atoms with Crippen LogP contribution in [0.1, 0.15) is 33.8 Å². The van der Waals surface area contributed by atoms with E-state index >= 15 is 0 Å². The first-order valence-corrected chi connectivity index (χ1v) is 30.0. The third-order valence-corrected chi connectivity index (χ3v) is 47.8. The van der Waals surface area contributed by atoms with Crippen LogP contribution >= 0.6 is 0 Å². The van der Waals surface area contributed by atoms with Crippen LogP contribution < -0.4 is 13.4 Å². The summed E-state index contributed by atoms with van der Waals surface area (Å²) in [5.41, 5.74) is 10.9. The van der Waals surface area contributed by atoms with Gasteiger partial charge in [0, 0.05) is 0 Å².